The Morgan fingerprint density at radius 3 is 1.96 bits per heavy atom. The van der Waals surface area contributed by atoms with Gasteiger partial charge in [0.05, 0.1) is 18.8 Å². The van der Waals surface area contributed by atoms with Crippen molar-refractivity contribution in [3.63, 3.8) is 0 Å². The van der Waals surface area contributed by atoms with Gasteiger partial charge in [0.2, 0.25) is 0 Å². The summed E-state index contributed by atoms with van der Waals surface area (Å²) in [5, 5.41) is 0. The average molecular weight is 357 g/mol. The van der Waals surface area contributed by atoms with Crippen LogP contribution < -0.4 is 0 Å². The normalized spacial score (nSPS) is 26.1. The minimum absolute atomic E-state index is 0.0218. The lowest BCUT2D eigenvalue weighted by Crippen LogP contribution is -2.46. The Balaban J connectivity index is 1.95. The van der Waals surface area contributed by atoms with Crippen molar-refractivity contribution in [3.8, 4) is 0 Å². The van der Waals surface area contributed by atoms with Crippen LogP contribution in [0.2, 0.25) is 38.3 Å². The highest BCUT2D eigenvalue weighted by Crippen LogP contribution is 2.33. The van der Waals surface area contributed by atoms with E-state index in [0.717, 1.165) is 0 Å². The van der Waals surface area contributed by atoms with E-state index in [9.17, 15) is 19.2 Å². The van der Waals surface area contributed by atoms with E-state index in [2.05, 4.69) is 17.8 Å². The molecule has 0 amide bonds. The highest BCUT2D eigenvalue weighted by molar-refractivity contribution is 6.85. The van der Waals surface area contributed by atoms with Crippen molar-refractivity contribution in [2.24, 2.45) is 11.8 Å². The summed E-state index contributed by atoms with van der Waals surface area (Å²) in [6.07, 6.45) is 0.534. The molecule has 6 nitrogen and oxygen atoms in total. The number of Topliss-reactive ketones (excluding diaryl/α,β-unsaturated/α-hetero) is 2. The molecule has 0 aromatic heterocycles. The van der Waals surface area contributed by atoms with Gasteiger partial charge in [-0.3, -0.25) is 19.2 Å². The summed E-state index contributed by atoms with van der Waals surface area (Å²) in [7, 11) is -4.31. The highest BCUT2D eigenvalue weighted by Gasteiger charge is 2.43. The monoisotopic (exact) mass is 356 g/mol. The van der Waals surface area contributed by atoms with Crippen molar-refractivity contribution in [2.75, 3.05) is 0 Å². The number of carbonyl (C=O) groups excluding carboxylic acids is 4. The van der Waals surface area contributed by atoms with Crippen LogP contribution in [-0.2, 0) is 28.0 Å². The van der Waals surface area contributed by atoms with Crippen LogP contribution in [0, 0.1) is 11.8 Å². The summed E-state index contributed by atoms with van der Waals surface area (Å²) in [6, 6.07) is 1.19. The Morgan fingerprint density at radius 1 is 0.957 bits per heavy atom. The van der Waals surface area contributed by atoms with E-state index in [-0.39, 0.29) is 30.3 Å². The number of carbonyl (C=O) groups is 4. The largest absolute Gasteiger partial charge is 0.455 e. The Hall–Kier alpha value is -1.13. The number of ketones is 2. The quantitative estimate of drug-likeness (QED) is 0.411. The smallest absolute Gasteiger partial charge is 0.316 e. The van der Waals surface area contributed by atoms with E-state index in [1.807, 2.05) is 13.1 Å². The fourth-order valence-electron chi connectivity index (χ4n) is 3.68. The SMILES string of the molecule is C[Si](C)(CC1CC(=O)CC1=O)O[Si](C)(C)CC1CC(=O)OC1=O. The maximum absolute atomic E-state index is 11.8. The molecule has 2 rings (SSSR count). The second kappa shape index (κ2) is 6.41. The summed E-state index contributed by atoms with van der Waals surface area (Å²) in [6.45, 7) is 8.16. The molecule has 2 aliphatic rings. The second-order valence-corrected chi connectivity index (χ2v) is 16.5. The fraction of sp³-hybridized carbons (Fsp3) is 0.733. The third-order valence-corrected chi connectivity index (χ3v) is 11.7. The average Bonchev–Trinajstić information content (AvgIpc) is 2.79. The number of cyclic esters (lactones) is 2. The number of esters is 2. The third-order valence-electron chi connectivity index (χ3n) is 4.29. The van der Waals surface area contributed by atoms with Crippen LogP contribution in [0.5, 0.6) is 0 Å². The molecule has 1 aliphatic heterocycles. The van der Waals surface area contributed by atoms with Gasteiger partial charge in [-0.15, -0.1) is 0 Å². The van der Waals surface area contributed by atoms with Crippen molar-refractivity contribution in [2.45, 2.75) is 57.5 Å². The minimum Gasteiger partial charge on any atom is -0.455 e. The van der Waals surface area contributed by atoms with Crippen LogP contribution in [-0.4, -0.2) is 40.1 Å². The molecular weight excluding hydrogens is 332 g/mol. The van der Waals surface area contributed by atoms with Gasteiger partial charge in [0, 0.05) is 12.3 Å². The molecule has 1 saturated carbocycles. The van der Waals surface area contributed by atoms with Crippen molar-refractivity contribution < 1.29 is 28.0 Å². The van der Waals surface area contributed by atoms with E-state index in [4.69, 9.17) is 4.12 Å². The molecule has 8 heteroatoms. The zero-order valence-corrected chi connectivity index (χ0v) is 16.1. The van der Waals surface area contributed by atoms with Gasteiger partial charge < -0.3 is 8.85 Å². The highest BCUT2D eigenvalue weighted by atomic mass is 28.4. The Labute approximate surface area is 138 Å². The van der Waals surface area contributed by atoms with Gasteiger partial charge in [-0.2, -0.15) is 0 Å². The van der Waals surface area contributed by atoms with Crippen LogP contribution in [0.1, 0.15) is 19.3 Å². The van der Waals surface area contributed by atoms with Crippen molar-refractivity contribution in [3.05, 3.63) is 0 Å². The van der Waals surface area contributed by atoms with E-state index in [1.54, 1.807) is 0 Å². The first-order valence-electron chi connectivity index (χ1n) is 7.96. The molecule has 0 aromatic carbocycles. The van der Waals surface area contributed by atoms with Gasteiger partial charge in [0.25, 0.3) is 0 Å². The number of hydrogen-bond acceptors (Lipinski definition) is 6. The maximum Gasteiger partial charge on any atom is 0.316 e. The van der Waals surface area contributed by atoms with Crippen LogP contribution in [0.25, 0.3) is 0 Å². The summed E-state index contributed by atoms with van der Waals surface area (Å²) < 4.78 is 11.0. The molecule has 0 aromatic rings. The lowest BCUT2D eigenvalue weighted by molar-refractivity contribution is -0.153. The van der Waals surface area contributed by atoms with Gasteiger partial charge in [0.15, 0.2) is 16.6 Å². The van der Waals surface area contributed by atoms with Crippen LogP contribution >= 0.6 is 0 Å². The predicted octanol–water partition coefficient (Wildman–Crippen LogP) is 2.05. The summed E-state index contributed by atoms with van der Waals surface area (Å²) in [5.74, 6) is -1.46. The molecular formula is C15H24O6Si2. The Kier molecular flexibility index (Phi) is 5.07. The first-order valence-corrected chi connectivity index (χ1v) is 14.2. The molecule has 2 fully saturated rings. The zero-order valence-electron chi connectivity index (χ0n) is 14.1. The third kappa shape index (κ3) is 4.92. The predicted molar refractivity (Wildman–Crippen MR) is 87.6 cm³/mol. The number of rotatable bonds is 6. The molecule has 0 N–H and O–H groups in total. The topological polar surface area (TPSA) is 86.7 Å². The van der Waals surface area contributed by atoms with Gasteiger partial charge >= 0.3 is 11.9 Å². The molecule has 2 unspecified atom stereocenters. The van der Waals surface area contributed by atoms with E-state index >= 15 is 0 Å². The first kappa shape index (κ1) is 18.2. The van der Waals surface area contributed by atoms with Crippen molar-refractivity contribution >= 4 is 40.1 Å². The molecule has 1 aliphatic carbocycles. The lowest BCUT2D eigenvalue weighted by atomic mass is 10.1. The van der Waals surface area contributed by atoms with Crippen LogP contribution in [0.15, 0.2) is 0 Å². The number of hydrogen-bond donors (Lipinski definition) is 0. The summed E-state index contributed by atoms with van der Waals surface area (Å²) >= 11 is 0. The van der Waals surface area contributed by atoms with E-state index < -0.39 is 34.5 Å². The first-order chi connectivity index (χ1) is 10.5. The molecule has 128 valence electrons. The van der Waals surface area contributed by atoms with Gasteiger partial charge in [-0.1, -0.05) is 0 Å². The van der Waals surface area contributed by atoms with Crippen molar-refractivity contribution in [1.82, 2.24) is 0 Å². The van der Waals surface area contributed by atoms with E-state index in [1.165, 1.54) is 0 Å². The Morgan fingerprint density at radius 2 is 1.52 bits per heavy atom. The summed E-state index contributed by atoms with van der Waals surface area (Å²) in [4.78, 5) is 46.1. The van der Waals surface area contributed by atoms with Gasteiger partial charge in [-0.25, -0.2) is 0 Å². The Bertz CT molecular complexity index is 506. The molecule has 1 saturated heterocycles. The van der Waals surface area contributed by atoms with Crippen LogP contribution in [0.4, 0.5) is 0 Å². The van der Waals surface area contributed by atoms with Gasteiger partial charge in [0.1, 0.15) is 11.6 Å². The molecule has 0 radical (unpaired) electrons. The second-order valence-electron chi connectivity index (χ2n) is 7.81. The lowest BCUT2D eigenvalue weighted by Gasteiger charge is -2.35. The standard InChI is InChI=1S/C15H24O6Si2/c1-22(2,8-10-5-12(16)7-13(10)17)21-23(3,4)9-11-6-14(18)20-15(11)19/h10-11H,5-9H2,1-4H3. The molecule has 0 bridgehead atoms. The fourth-order valence-corrected chi connectivity index (χ4v) is 13.4. The summed E-state index contributed by atoms with van der Waals surface area (Å²) in [5.41, 5.74) is 0. The minimum atomic E-state index is -2.17. The zero-order chi connectivity index (χ0) is 17.4. The number of ether oxygens (including phenoxy) is 1. The molecule has 1 heterocycles. The molecule has 2 atom stereocenters. The van der Waals surface area contributed by atoms with Crippen LogP contribution in [0.3, 0.4) is 0 Å². The molecule has 0 spiro atoms. The molecule has 23 heavy (non-hydrogen) atoms. The van der Waals surface area contributed by atoms with E-state index in [0.29, 0.717) is 18.5 Å². The van der Waals surface area contributed by atoms with Crippen molar-refractivity contribution in [1.29, 1.82) is 0 Å². The maximum atomic E-state index is 11.8. The van der Waals surface area contributed by atoms with Gasteiger partial charge in [-0.05, 0) is 38.3 Å².